The first kappa shape index (κ1) is 15.9. The van der Waals surface area contributed by atoms with Crippen molar-refractivity contribution < 1.29 is 0 Å². The maximum absolute atomic E-state index is 8.68. The van der Waals surface area contributed by atoms with Gasteiger partial charge in [0.15, 0.2) is 0 Å². The van der Waals surface area contributed by atoms with Crippen LogP contribution in [0.4, 0.5) is 0 Å². The van der Waals surface area contributed by atoms with Gasteiger partial charge in [-0.2, -0.15) is 5.26 Å². The number of aromatic nitrogens is 1. The van der Waals surface area contributed by atoms with Gasteiger partial charge in [-0.3, -0.25) is 0 Å². The van der Waals surface area contributed by atoms with Crippen molar-refractivity contribution in [2.45, 2.75) is 39.8 Å². The summed E-state index contributed by atoms with van der Waals surface area (Å²) in [4.78, 5) is 0. The van der Waals surface area contributed by atoms with E-state index in [9.17, 15) is 0 Å². The van der Waals surface area contributed by atoms with E-state index in [1.165, 1.54) is 10.9 Å². The van der Waals surface area contributed by atoms with E-state index in [0.29, 0.717) is 12.3 Å². The topological polar surface area (TPSA) is 40.8 Å². The fourth-order valence-corrected chi connectivity index (χ4v) is 2.66. The van der Waals surface area contributed by atoms with Gasteiger partial charge in [0.25, 0.3) is 0 Å². The molecule has 0 bridgehead atoms. The molecule has 1 aromatic carbocycles. The Balaban J connectivity index is 2.22. The second kappa shape index (κ2) is 7.49. The van der Waals surface area contributed by atoms with Crippen LogP contribution in [-0.2, 0) is 13.1 Å². The molecule has 4 heteroatoms. The van der Waals surface area contributed by atoms with E-state index < -0.39 is 0 Å². The van der Waals surface area contributed by atoms with E-state index in [-0.39, 0.29) is 0 Å². The van der Waals surface area contributed by atoms with Gasteiger partial charge in [-0.25, -0.2) is 0 Å². The standard InChI is InChI=1S/C17H22ClN3/c1-13(2)10-20-11-14-12-21(8-4-3-7-19)17-9-15(18)5-6-16(14)17/h5-6,9,12-13,20H,3-4,8,10-11H2,1-2H3. The molecule has 0 saturated carbocycles. The Labute approximate surface area is 131 Å². The summed E-state index contributed by atoms with van der Waals surface area (Å²) in [5, 5.41) is 14.2. The highest BCUT2D eigenvalue weighted by Gasteiger charge is 2.09. The lowest BCUT2D eigenvalue weighted by Crippen LogP contribution is -2.18. The van der Waals surface area contributed by atoms with Crippen molar-refractivity contribution in [2.24, 2.45) is 5.92 Å². The normalized spacial score (nSPS) is 11.2. The lowest BCUT2D eigenvalue weighted by Gasteiger charge is -2.06. The van der Waals surface area contributed by atoms with Crippen LogP contribution in [0.15, 0.2) is 24.4 Å². The van der Waals surface area contributed by atoms with Gasteiger partial charge in [0.05, 0.1) is 6.07 Å². The molecule has 0 unspecified atom stereocenters. The molecule has 0 saturated heterocycles. The molecule has 21 heavy (non-hydrogen) atoms. The molecule has 2 rings (SSSR count). The molecule has 1 N–H and O–H groups in total. The molecule has 0 radical (unpaired) electrons. The molecule has 1 heterocycles. The zero-order chi connectivity index (χ0) is 15.2. The zero-order valence-corrected chi connectivity index (χ0v) is 13.5. The average molecular weight is 304 g/mol. The summed E-state index contributed by atoms with van der Waals surface area (Å²) in [6.07, 6.45) is 3.64. The van der Waals surface area contributed by atoms with E-state index in [1.807, 2.05) is 12.1 Å². The van der Waals surface area contributed by atoms with Crippen molar-refractivity contribution in [1.82, 2.24) is 9.88 Å². The lowest BCUT2D eigenvalue weighted by molar-refractivity contribution is 0.552. The number of nitriles is 1. The number of nitrogens with one attached hydrogen (secondary N) is 1. The summed E-state index contributed by atoms with van der Waals surface area (Å²) in [5.74, 6) is 0.642. The molecule has 0 amide bonds. The molecule has 0 atom stereocenters. The number of nitrogens with zero attached hydrogens (tertiary/aromatic N) is 2. The number of rotatable bonds is 7. The second-order valence-corrected chi connectivity index (χ2v) is 6.23. The molecule has 0 aliphatic rings. The minimum atomic E-state index is 0.584. The van der Waals surface area contributed by atoms with Crippen LogP contribution in [0.25, 0.3) is 10.9 Å². The maximum atomic E-state index is 8.68. The van der Waals surface area contributed by atoms with Crippen LogP contribution in [0.3, 0.4) is 0 Å². The molecule has 0 aliphatic heterocycles. The Morgan fingerprint density at radius 2 is 2.19 bits per heavy atom. The average Bonchev–Trinajstić information content (AvgIpc) is 2.76. The van der Waals surface area contributed by atoms with E-state index >= 15 is 0 Å². The molecule has 1 aromatic heterocycles. The lowest BCUT2D eigenvalue weighted by atomic mass is 10.1. The van der Waals surface area contributed by atoms with Gasteiger partial charge in [-0.15, -0.1) is 0 Å². The highest BCUT2D eigenvalue weighted by molar-refractivity contribution is 6.31. The first-order valence-corrected chi connectivity index (χ1v) is 7.84. The minimum absolute atomic E-state index is 0.584. The van der Waals surface area contributed by atoms with Gasteiger partial charge in [-0.05, 0) is 36.6 Å². The van der Waals surface area contributed by atoms with Crippen molar-refractivity contribution in [3.8, 4) is 6.07 Å². The Morgan fingerprint density at radius 3 is 2.90 bits per heavy atom. The Bertz CT molecular complexity index is 637. The number of hydrogen-bond acceptors (Lipinski definition) is 2. The Kier molecular flexibility index (Phi) is 5.67. The predicted octanol–water partition coefficient (Wildman–Crippen LogP) is 4.34. The van der Waals surface area contributed by atoms with Crippen LogP contribution < -0.4 is 5.32 Å². The number of halogens is 1. The van der Waals surface area contributed by atoms with Crippen molar-refractivity contribution in [1.29, 1.82) is 5.26 Å². The number of benzene rings is 1. The van der Waals surface area contributed by atoms with Crippen LogP contribution in [0.2, 0.25) is 5.02 Å². The van der Waals surface area contributed by atoms with Gasteiger partial charge in [0.2, 0.25) is 0 Å². The monoisotopic (exact) mass is 303 g/mol. The number of fused-ring (bicyclic) bond motifs is 1. The van der Waals surface area contributed by atoms with Crippen molar-refractivity contribution >= 4 is 22.5 Å². The molecule has 0 aliphatic carbocycles. The number of aryl methyl sites for hydroxylation is 1. The first-order valence-electron chi connectivity index (χ1n) is 7.46. The van der Waals surface area contributed by atoms with E-state index in [2.05, 4.69) is 42.1 Å². The van der Waals surface area contributed by atoms with Crippen LogP contribution in [0.1, 0.15) is 32.3 Å². The van der Waals surface area contributed by atoms with Gasteiger partial charge >= 0.3 is 0 Å². The molecule has 2 aromatic rings. The molecule has 112 valence electrons. The van der Waals surface area contributed by atoms with Gasteiger partial charge in [0, 0.05) is 41.6 Å². The summed E-state index contributed by atoms with van der Waals surface area (Å²) >= 11 is 6.13. The first-order chi connectivity index (χ1) is 10.1. The highest BCUT2D eigenvalue weighted by atomic mass is 35.5. The Hall–Kier alpha value is -1.50. The summed E-state index contributed by atoms with van der Waals surface area (Å²) in [5.41, 5.74) is 2.45. The summed E-state index contributed by atoms with van der Waals surface area (Å²) in [6, 6.07) is 8.24. The van der Waals surface area contributed by atoms with E-state index in [4.69, 9.17) is 16.9 Å². The summed E-state index contributed by atoms with van der Waals surface area (Å²) in [6.45, 7) is 7.14. The molecule has 0 spiro atoms. The van der Waals surface area contributed by atoms with Crippen LogP contribution in [0.5, 0.6) is 0 Å². The van der Waals surface area contributed by atoms with E-state index in [0.717, 1.165) is 36.6 Å². The molecule has 0 fully saturated rings. The summed E-state index contributed by atoms with van der Waals surface area (Å²) in [7, 11) is 0. The van der Waals surface area contributed by atoms with E-state index in [1.54, 1.807) is 0 Å². The van der Waals surface area contributed by atoms with Gasteiger partial charge < -0.3 is 9.88 Å². The molecule has 3 nitrogen and oxygen atoms in total. The fraction of sp³-hybridized carbons (Fsp3) is 0.471. The second-order valence-electron chi connectivity index (χ2n) is 5.80. The number of unbranched alkanes of at least 4 members (excludes halogenated alkanes) is 1. The van der Waals surface area contributed by atoms with Gasteiger partial charge in [-0.1, -0.05) is 31.5 Å². The maximum Gasteiger partial charge on any atom is 0.0622 e. The highest BCUT2D eigenvalue weighted by Crippen LogP contribution is 2.25. The molecular weight excluding hydrogens is 282 g/mol. The fourth-order valence-electron chi connectivity index (χ4n) is 2.49. The number of hydrogen-bond donors (Lipinski definition) is 1. The largest absolute Gasteiger partial charge is 0.347 e. The quantitative estimate of drug-likeness (QED) is 0.773. The third-order valence-corrected chi connectivity index (χ3v) is 3.72. The smallest absolute Gasteiger partial charge is 0.0622 e. The van der Waals surface area contributed by atoms with Crippen molar-refractivity contribution in [2.75, 3.05) is 6.54 Å². The van der Waals surface area contributed by atoms with Crippen LogP contribution >= 0.6 is 11.6 Å². The predicted molar refractivity (Wildman–Crippen MR) is 88.3 cm³/mol. The SMILES string of the molecule is CC(C)CNCc1cn(CCCC#N)c2cc(Cl)ccc12. The third-order valence-electron chi connectivity index (χ3n) is 3.48. The van der Waals surface area contributed by atoms with Gasteiger partial charge in [0.1, 0.15) is 0 Å². The molecular formula is C17H22ClN3. The van der Waals surface area contributed by atoms with Crippen molar-refractivity contribution in [3.05, 3.63) is 35.0 Å². The Morgan fingerprint density at radius 1 is 1.38 bits per heavy atom. The van der Waals surface area contributed by atoms with Crippen molar-refractivity contribution in [3.63, 3.8) is 0 Å². The zero-order valence-electron chi connectivity index (χ0n) is 12.7. The minimum Gasteiger partial charge on any atom is -0.347 e. The van der Waals surface area contributed by atoms with Crippen LogP contribution in [0, 0.1) is 17.2 Å². The van der Waals surface area contributed by atoms with Crippen LogP contribution in [-0.4, -0.2) is 11.1 Å². The third kappa shape index (κ3) is 4.23. The summed E-state index contributed by atoms with van der Waals surface area (Å²) < 4.78 is 2.21.